The van der Waals surface area contributed by atoms with Crippen LogP contribution in [-0.2, 0) is 4.79 Å². The van der Waals surface area contributed by atoms with Crippen LogP contribution >= 0.6 is 0 Å². The van der Waals surface area contributed by atoms with Crippen LogP contribution in [-0.4, -0.2) is 18.6 Å². The first-order valence-corrected chi connectivity index (χ1v) is 9.28. The Morgan fingerprint density at radius 2 is 1.53 bits per heavy atom. The first-order chi connectivity index (χ1) is 14.7. The lowest BCUT2D eigenvalue weighted by Gasteiger charge is -2.13. The Balaban J connectivity index is 1.56. The molecule has 7 heteroatoms. The molecule has 4 rings (SSSR count). The average molecular weight is 401 g/mol. The molecule has 0 radical (unpaired) electrons. The fourth-order valence-electron chi connectivity index (χ4n) is 2.83. The van der Waals surface area contributed by atoms with E-state index in [4.69, 9.17) is 9.47 Å². The van der Waals surface area contributed by atoms with E-state index in [1.54, 1.807) is 48.5 Å². The zero-order chi connectivity index (χ0) is 20.8. The third-order valence-electron chi connectivity index (χ3n) is 4.33. The lowest BCUT2D eigenvalue weighted by Crippen LogP contribution is -2.37. The van der Waals surface area contributed by atoms with Gasteiger partial charge in [-0.25, -0.2) is 0 Å². The number of hydrogen-bond donors (Lipinski definition) is 3. The van der Waals surface area contributed by atoms with Gasteiger partial charge in [0.15, 0.2) is 11.5 Å². The molecule has 0 saturated heterocycles. The molecule has 0 saturated carbocycles. The number of rotatable bonds is 6. The molecule has 3 aromatic rings. The molecular formula is C23H19N3O4. The van der Waals surface area contributed by atoms with Crippen LogP contribution in [0.1, 0.15) is 15.9 Å². The van der Waals surface area contributed by atoms with Crippen LogP contribution in [0, 0.1) is 0 Å². The summed E-state index contributed by atoms with van der Waals surface area (Å²) in [7, 11) is 0. The Hall–Kier alpha value is -4.26. The molecule has 3 N–H and O–H groups in total. The lowest BCUT2D eigenvalue weighted by molar-refractivity contribution is -0.117. The van der Waals surface area contributed by atoms with E-state index in [0.717, 1.165) is 0 Å². The van der Waals surface area contributed by atoms with Gasteiger partial charge in [-0.2, -0.15) is 0 Å². The number of nitrogens with one attached hydrogen (secondary N) is 3. The Bertz CT molecular complexity index is 1080. The quantitative estimate of drug-likeness (QED) is 0.436. The molecule has 30 heavy (non-hydrogen) atoms. The summed E-state index contributed by atoms with van der Waals surface area (Å²) in [6.07, 6.45) is 1.57. The van der Waals surface area contributed by atoms with Crippen molar-refractivity contribution in [2.45, 2.75) is 0 Å². The highest BCUT2D eigenvalue weighted by molar-refractivity contribution is 6.05. The van der Waals surface area contributed by atoms with Crippen molar-refractivity contribution in [2.24, 2.45) is 0 Å². The third-order valence-corrected chi connectivity index (χ3v) is 4.33. The van der Waals surface area contributed by atoms with Crippen LogP contribution in [0.4, 0.5) is 5.69 Å². The van der Waals surface area contributed by atoms with Crippen molar-refractivity contribution >= 4 is 23.6 Å². The second-order valence-electron chi connectivity index (χ2n) is 6.44. The zero-order valence-electron chi connectivity index (χ0n) is 15.9. The van der Waals surface area contributed by atoms with Crippen molar-refractivity contribution in [3.05, 3.63) is 95.7 Å². The van der Waals surface area contributed by atoms with Gasteiger partial charge in [-0.3, -0.25) is 20.4 Å². The van der Waals surface area contributed by atoms with Gasteiger partial charge in [0, 0.05) is 5.56 Å². The molecule has 0 unspecified atom stereocenters. The number of para-hydroxylation sites is 1. The number of carbonyl (C=O) groups excluding carboxylic acids is 2. The van der Waals surface area contributed by atoms with E-state index in [0.29, 0.717) is 28.3 Å². The number of ether oxygens (including phenoxy) is 2. The van der Waals surface area contributed by atoms with E-state index in [-0.39, 0.29) is 12.5 Å². The van der Waals surface area contributed by atoms with Crippen LogP contribution in [0.3, 0.4) is 0 Å². The topological polar surface area (TPSA) is 88.7 Å². The highest BCUT2D eigenvalue weighted by atomic mass is 16.7. The summed E-state index contributed by atoms with van der Waals surface area (Å²) in [5.41, 5.74) is 7.34. The predicted molar refractivity (Wildman–Crippen MR) is 113 cm³/mol. The summed E-state index contributed by atoms with van der Waals surface area (Å²) >= 11 is 0. The Labute approximate surface area is 173 Å². The maximum Gasteiger partial charge on any atom is 0.286 e. The van der Waals surface area contributed by atoms with Gasteiger partial charge in [0.1, 0.15) is 5.70 Å². The summed E-state index contributed by atoms with van der Waals surface area (Å²) in [6.45, 7) is 0.154. The van der Waals surface area contributed by atoms with Gasteiger partial charge < -0.3 is 14.8 Å². The molecule has 0 bridgehead atoms. The van der Waals surface area contributed by atoms with E-state index < -0.39 is 11.8 Å². The second kappa shape index (κ2) is 8.83. The molecule has 0 atom stereocenters. The molecule has 3 aromatic carbocycles. The van der Waals surface area contributed by atoms with E-state index in [9.17, 15) is 9.59 Å². The number of fused-ring (bicyclic) bond motifs is 1. The minimum Gasteiger partial charge on any atom is -0.454 e. The third kappa shape index (κ3) is 4.59. The van der Waals surface area contributed by atoms with Gasteiger partial charge in [-0.15, -0.1) is 0 Å². The molecule has 2 amide bonds. The molecule has 1 aliphatic rings. The number of carbonyl (C=O) groups is 2. The first-order valence-electron chi connectivity index (χ1n) is 9.28. The summed E-state index contributed by atoms with van der Waals surface area (Å²) in [5.74, 6) is 0.329. The van der Waals surface area contributed by atoms with Crippen molar-refractivity contribution in [3.8, 4) is 11.5 Å². The van der Waals surface area contributed by atoms with E-state index in [2.05, 4.69) is 16.2 Å². The molecule has 0 spiro atoms. The summed E-state index contributed by atoms with van der Waals surface area (Å²) in [5, 5.41) is 2.68. The first kappa shape index (κ1) is 19.1. The fraction of sp³-hybridized carbons (Fsp3) is 0.0435. The van der Waals surface area contributed by atoms with Gasteiger partial charge in [-0.1, -0.05) is 42.5 Å². The van der Waals surface area contributed by atoms with Crippen molar-refractivity contribution in [1.82, 2.24) is 10.7 Å². The van der Waals surface area contributed by atoms with Crippen LogP contribution in [0.25, 0.3) is 6.08 Å². The second-order valence-corrected chi connectivity index (χ2v) is 6.44. The van der Waals surface area contributed by atoms with Gasteiger partial charge in [0.25, 0.3) is 11.8 Å². The fourth-order valence-corrected chi connectivity index (χ4v) is 2.83. The van der Waals surface area contributed by atoms with Crippen molar-refractivity contribution < 1.29 is 19.1 Å². The number of anilines is 1. The highest BCUT2D eigenvalue weighted by Crippen LogP contribution is 2.33. The van der Waals surface area contributed by atoms with Gasteiger partial charge in [0.05, 0.1) is 5.69 Å². The van der Waals surface area contributed by atoms with Crippen LogP contribution in [0.15, 0.2) is 84.6 Å². The zero-order valence-corrected chi connectivity index (χ0v) is 15.9. The lowest BCUT2D eigenvalue weighted by atomic mass is 10.1. The Morgan fingerprint density at radius 3 is 2.30 bits per heavy atom. The van der Waals surface area contributed by atoms with Crippen LogP contribution < -0.4 is 25.6 Å². The molecular weight excluding hydrogens is 382 g/mol. The normalized spacial score (nSPS) is 12.2. The molecule has 0 aromatic heterocycles. The standard InChI is InChI=1S/C23H19N3O4/c27-22(17-7-3-1-4-8-17)24-19(23(28)26-25-18-9-5-2-6-10-18)13-16-11-12-20-21(14-16)30-15-29-20/h1-14,25H,15H2,(H,24,27)(H,26,28). The summed E-state index contributed by atoms with van der Waals surface area (Å²) in [6, 6.07) is 23.1. The van der Waals surface area contributed by atoms with Gasteiger partial charge in [-0.05, 0) is 48.0 Å². The minimum absolute atomic E-state index is 0.0751. The monoisotopic (exact) mass is 401 g/mol. The largest absolute Gasteiger partial charge is 0.454 e. The van der Waals surface area contributed by atoms with Gasteiger partial charge in [0.2, 0.25) is 6.79 Å². The Morgan fingerprint density at radius 1 is 0.833 bits per heavy atom. The molecule has 0 fully saturated rings. The van der Waals surface area contributed by atoms with Crippen LogP contribution in [0.5, 0.6) is 11.5 Å². The summed E-state index contributed by atoms with van der Waals surface area (Å²) < 4.78 is 10.7. The number of benzene rings is 3. The Kier molecular flexibility index (Phi) is 5.61. The van der Waals surface area contributed by atoms with Crippen molar-refractivity contribution in [1.29, 1.82) is 0 Å². The van der Waals surface area contributed by atoms with E-state index in [1.165, 1.54) is 0 Å². The van der Waals surface area contributed by atoms with Gasteiger partial charge >= 0.3 is 0 Å². The molecule has 1 aliphatic heterocycles. The minimum atomic E-state index is -0.499. The average Bonchev–Trinajstić information content (AvgIpc) is 3.26. The highest BCUT2D eigenvalue weighted by Gasteiger charge is 2.17. The molecule has 1 heterocycles. The number of hydrogen-bond acceptors (Lipinski definition) is 5. The molecule has 150 valence electrons. The van der Waals surface area contributed by atoms with Crippen molar-refractivity contribution in [2.75, 3.05) is 12.2 Å². The van der Waals surface area contributed by atoms with E-state index in [1.807, 2.05) is 36.4 Å². The number of amides is 2. The molecule has 7 nitrogen and oxygen atoms in total. The van der Waals surface area contributed by atoms with E-state index >= 15 is 0 Å². The van der Waals surface area contributed by atoms with Crippen LogP contribution in [0.2, 0.25) is 0 Å². The SMILES string of the molecule is O=C(NNc1ccccc1)C(=Cc1ccc2c(c1)OCO2)NC(=O)c1ccccc1. The maximum atomic E-state index is 12.8. The predicted octanol–water partition coefficient (Wildman–Crippen LogP) is 3.33. The summed E-state index contributed by atoms with van der Waals surface area (Å²) in [4.78, 5) is 25.4. The molecule has 0 aliphatic carbocycles. The maximum absolute atomic E-state index is 12.8. The van der Waals surface area contributed by atoms with Crippen molar-refractivity contribution in [3.63, 3.8) is 0 Å². The number of hydrazine groups is 1. The smallest absolute Gasteiger partial charge is 0.286 e.